The zero-order chi connectivity index (χ0) is 37.4. The van der Waals surface area contributed by atoms with E-state index >= 15 is 8.78 Å². The molecule has 19 heteroatoms. The van der Waals surface area contributed by atoms with Gasteiger partial charge in [-0.2, -0.15) is 19.0 Å². The topological polar surface area (TPSA) is 136 Å². The number of pyridine rings is 1. The van der Waals surface area contributed by atoms with Crippen molar-refractivity contribution >= 4 is 49.9 Å². The van der Waals surface area contributed by atoms with E-state index in [2.05, 4.69) is 30.5 Å². The highest BCUT2D eigenvalue weighted by Crippen LogP contribution is 2.68. The number of nitrogens with zero attached hydrogens (tertiary/aromatic N) is 5. The number of rotatable bonds is 11. The number of benzene rings is 2. The Bertz CT molecular complexity index is 2360. The molecule has 3 atom stereocenters. The van der Waals surface area contributed by atoms with Crippen molar-refractivity contribution < 1.29 is 39.6 Å². The molecule has 2 aromatic carbocycles. The van der Waals surface area contributed by atoms with E-state index in [1.807, 2.05) is 0 Å². The van der Waals surface area contributed by atoms with Crippen molar-refractivity contribution in [2.75, 3.05) is 23.3 Å². The molecule has 1 fully saturated rings. The van der Waals surface area contributed by atoms with Crippen LogP contribution in [0.1, 0.15) is 53.0 Å². The summed E-state index contributed by atoms with van der Waals surface area (Å²) in [6.45, 7) is -0.866. The van der Waals surface area contributed by atoms with Gasteiger partial charge in [-0.3, -0.25) is 23.9 Å². The van der Waals surface area contributed by atoms with Gasteiger partial charge in [-0.05, 0) is 48.6 Å². The maximum absolute atomic E-state index is 15.3. The fourth-order valence-electron chi connectivity index (χ4n) is 7.08. The fraction of sp³-hybridized carbons (Fsp3) is 0.333. The highest BCUT2D eigenvalue weighted by molar-refractivity contribution is 7.92. The molecule has 0 saturated heterocycles. The molecule has 52 heavy (non-hydrogen) atoms. The number of alkyl halides is 4. The summed E-state index contributed by atoms with van der Waals surface area (Å²) in [5.74, 6) is -8.15. The predicted octanol–water partition coefficient (Wildman–Crippen LogP) is 6.42. The summed E-state index contributed by atoms with van der Waals surface area (Å²) in [6.07, 6.45) is -0.984. The molecule has 3 N–H and O–H groups in total. The van der Waals surface area contributed by atoms with Gasteiger partial charge in [0, 0.05) is 42.8 Å². The van der Waals surface area contributed by atoms with Gasteiger partial charge in [-0.15, -0.1) is 0 Å². The normalized spacial score (nSPS) is 18.0. The Morgan fingerprint density at radius 2 is 1.79 bits per heavy atom. The van der Waals surface area contributed by atoms with Gasteiger partial charge in [0.2, 0.25) is 15.9 Å². The van der Waals surface area contributed by atoms with E-state index in [9.17, 15) is 30.8 Å². The molecule has 2 aliphatic rings. The Balaban J connectivity index is 1.34. The molecule has 1 amide bonds. The minimum atomic E-state index is -3.79. The molecule has 3 heterocycles. The van der Waals surface area contributed by atoms with Gasteiger partial charge in [0.25, 0.3) is 12.3 Å². The summed E-state index contributed by atoms with van der Waals surface area (Å²) in [7, 11) is -0.613. The number of halogens is 7. The lowest BCUT2D eigenvalue weighted by molar-refractivity contribution is -0.123. The molecule has 2 aliphatic carbocycles. The molecule has 5 aromatic rings. The van der Waals surface area contributed by atoms with Crippen LogP contribution in [0, 0.1) is 17.6 Å². The van der Waals surface area contributed by atoms with E-state index in [1.165, 1.54) is 16.9 Å². The van der Waals surface area contributed by atoms with Gasteiger partial charge >= 0.3 is 0 Å². The van der Waals surface area contributed by atoms with Gasteiger partial charge in [0.1, 0.15) is 29.6 Å². The first-order chi connectivity index (χ1) is 24.5. The van der Waals surface area contributed by atoms with Crippen LogP contribution in [0.15, 0.2) is 42.6 Å². The average molecular weight is 767 g/mol. The average Bonchev–Trinajstić information content (AvgIpc) is 3.59. The van der Waals surface area contributed by atoms with E-state index in [0.29, 0.717) is 33.1 Å². The second-order valence-electron chi connectivity index (χ2n) is 12.9. The van der Waals surface area contributed by atoms with Crippen LogP contribution in [0.5, 0.6) is 0 Å². The monoisotopic (exact) mass is 766 g/mol. The third-order valence-corrected chi connectivity index (χ3v) is 10.1. The summed E-state index contributed by atoms with van der Waals surface area (Å²) in [5, 5.41) is 14.1. The molecule has 7 rings (SSSR count). The van der Waals surface area contributed by atoms with E-state index in [0.717, 1.165) is 18.4 Å². The fourth-order valence-corrected chi connectivity index (χ4v) is 7.82. The van der Waals surface area contributed by atoms with Gasteiger partial charge < -0.3 is 10.6 Å². The first-order valence-corrected chi connectivity index (χ1v) is 18.1. The quantitative estimate of drug-likeness (QED) is 0.132. The number of fused-ring (bicyclic) bond motifs is 4. The molecule has 0 unspecified atom stereocenters. The Morgan fingerprint density at radius 1 is 1.08 bits per heavy atom. The van der Waals surface area contributed by atoms with Crippen LogP contribution in [0.3, 0.4) is 0 Å². The summed E-state index contributed by atoms with van der Waals surface area (Å²) >= 11 is 6.55. The number of anilines is 2. The summed E-state index contributed by atoms with van der Waals surface area (Å²) in [5.41, 5.74) is 0.0888. The van der Waals surface area contributed by atoms with Crippen LogP contribution in [0.2, 0.25) is 5.02 Å². The maximum atomic E-state index is 15.3. The number of aryl methyl sites for hydroxylation is 1. The summed E-state index contributed by atoms with van der Waals surface area (Å²) in [4.78, 5) is 18.3. The van der Waals surface area contributed by atoms with Crippen molar-refractivity contribution in [1.29, 1.82) is 0 Å². The molecule has 0 bridgehead atoms. The Labute approximate surface area is 297 Å². The minimum Gasteiger partial charge on any atom is -0.387 e. The number of sulfonamides is 1. The van der Waals surface area contributed by atoms with Crippen molar-refractivity contribution in [3.05, 3.63) is 87.5 Å². The molecule has 0 spiro atoms. The third kappa shape index (κ3) is 6.31. The molecule has 0 aliphatic heterocycles. The lowest BCUT2D eigenvalue weighted by Crippen LogP contribution is -2.35. The Hall–Kier alpha value is -4.84. The second-order valence-corrected chi connectivity index (χ2v) is 15.0. The Kier molecular flexibility index (Phi) is 8.67. The first-order valence-electron chi connectivity index (χ1n) is 15.8. The maximum Gasteiger partial charge on any atom is 0.293 e. The van der Waals surface area contributed by atoms with Crippen LogP contribution in [0.4, 0.5) is 37.8 Å². The predicted molar refractivity (Wildman–Crippen MR) is 180 cm³/mol. The lowest BCUT2D eigenvalue weighted by atomic mass is 9.93. The molecule has 11 nitrogen and oxygen atoms in total. The number of carbonyl (C=O) groups excluding carboxylic acids is 1. The molecular formula is C33H29ClF6N8O3S. The molecule has 3 aromatic heterocycles. The van der Waals surface area contributed by atoms with Crippen molar-refractivity contribution in [2.24, 2.45) is 13.0 Å². The molecule has 274 valence electrons. The number of hydrogen-bond donors (Lipinski definition) is 3. The number of aromatic nitrogens is 5. The summed E-state index contributed by atoms with van der Waals surface area (Å²) < 4.78 is 116. The SMILES string of the molecule is CNc1cnc([C@H](Cc2cc(F)cc(F)c2)NC(=O)Cn2nc(C(F)F)c3c2C(F)(F)[C@@H]2C[C@H]32)c(-c2ccc(Cl)c3c(NS(C)(=O)=O)nn(C)c23)c1. The summed E-state index contributed by atoms with van der Waals surface area (Å²) in [6, 6.07) is 6.35. The van der Waals surface area contributed by atoms with Crippen molar-refractivity contribution in [3.8, 4) is 11.1 Å². The van der Waals surface area contributed by atoms with Crippen molar-refractivity contribution in [1.82, 2.24) is 29.9 Å². The van der Waals surface area contributed by atoms with Crippen LogP contribution in [-0.2, 0) is 40.8 Å². The number of amides is 1. The minimum absolute atomic E-state index is 0.0430. The number of hydrogen-bond acceptors (Lipinski definition) is 7. The lowest BCUT2D eigenvalue weighted by Gasteiger charge is -2.23. The van der Waals surface area contributed by atoms with Crippen LogP contribution < -0.4 is 15.4 Å². The largest absolute Gasteiger partial charge is 0.387 e. The van der Waals surface area contributed by atoms with Crippen LogP contribution in [-0.4, -0.2) is 52.2 Å². The standard InChI is InChI=1S/C33H29ClF6N8O3S/c1-41-17-10-19(18-4-5-22(34)26-29(18)47(2)45-32(26)46-52(3,50)51)27(42-12-17)23(8-14-6-15(35)9-16(36)7-14)43-24(49)13-48-30-25(28(44-48)31(37)38)20-11-21(20)33(30,39)40/h4-7,9-10,12,20-21,23,31,41H,8,11,13H2,1-3H3,(H,43,49)(H,45,46)/t20-,21+,23-/m0/s1. The number of nitrogens with one attached hydrogen (secondary N) is 3. The highest BCUT2D eigenvalue weighted by Gasteiger charge is 2.67. The zero-order valence-corrected chi connectivity index (χ0v) is 29.1. The second kappa shape index (κ2) is 12.7. The van der Waals surface area contributed by atoms with E-state index < -0.39 is 75.7 Å². The van der Waals surface area contributed by atoms with E-state index in [1.54, 1.807) is 26.2 Å². The zero-order valence-electron chi connectivity index (χ0n) is 27.5. The van der Waals surface area contributed by atoms with Gasteiger partial charge in [-0.1, -0.05) is 17.7 Å². The highest BCUT2D eigenvalue weighted by atomic mass is 35.5. The molecule has 0 radical (unpaired) electrons. The molecule has 1 saturated carbocycles. The molecular weight excluding hydrogens is 738 g/mol. The van der Waals surface area contributed by atoms with Crippen molar-refractivity contribution in [2.45, 2.75) is 43.7 Å². The van der Waals surface area contributed by atoms with Crippen LogP contribution >= 0.6 is 11.6 Å². The Morgan fingerprint density at radius 3 is 2.44 bits per heavy atom. The van der Waals surface area contributed by atoms with Gasteiger partial charge in [0.15, 0.2) is 5.82 Å². The first kappa shape index (κ1) is 35.6. The van der Waals surface area contributed by atoms with E-state index in [4.69, 9.17) is 11.6 Å². The van der Waals surface area contributed by atoms with Gasteiger partial charge in [-0.25, -0.2) is 26.0 Å². The van der Waals surface area contributed by atoms with Crippen LogP contribution in [0.25, 0.3) is 22.0 Å². The third-order valence-electron chi connectivity index (χ3n) is 9.20. The van der Waals surface area contributed by atoms with E-state index in [-0.39, 0.29) is 45.9 Å². The smallest absolute Gasteiger partial charge is 0.293 e. The van der Waals surface area contributed by atoms with Gasteiger partial charge in [0.05, 0.1) is 45.8 Å². The van der Waals surface area contributed by atoms with Crippen molar-refractivity contribution in [3.63, 3.8) is 0 Å². The number of carbonyl (C=O) groups is 1.